The molecule has 0 spiro atoms. The Bertz CT molecular complexity index is 1030. The highest BCUT2D eigenvalue weighted by molar-refractivity contribution is 8.01. The maximum atomic E-state index is 13.1. The normalized spacial score (nSPS) is 20.8. The first-order valence-electron chi connectivity index (χ1n) is 13.2. The summed E-state index contributed by atoms with van der Waals surface area (Å²) < 4.78 is 13.1. The Labute approximate surface area is 223 Å². The number of hydrogen-bond acceptors (Lipinski definition) is 6. The van der Waals surface area contributed by atoms with Gasteiger partial charge in [0.1, 0.15) is 22.5 Å². The van der Waals surface area contributed by atoms with Crippen molar-refractivity contribution in [2.45, 2.75) is 49.3 Å². The molecule has 0 aromatic heterocycles. The first kappa shape index (κ1) is 27.4. The van der Waals surface area contributed by atoms with E-state index in [1.807, 2.05) is 6.92 Å². The van der Waals surface area contributed by atoms with Crippen LogP contribution in [0.4, 0.5) is 10.1 Å². The number of thioether (sulfide) groups is 1. The summed E-state index contributed by atoms with van der Waals surface area (Å²) >= 11 is 1.44. The molecule has 4 N–H and O–H groups in total. The van der Waals surface area contributed by atoms with Crippen LogP contribution in [-0.2, 0) is 22.4 Å². The predicted octanol–water partition coefficient (Wildman–Crippen LogP) is 2.85. The lowest BCUT2D eigenvalue weighted by atomic mass is 10.1. The van der Waals surface area contributed by atoms with Gasteiger partial charge in [0.05, 0.1) is 0 Å². The molecule has 2 saturated heterocycles. The maximum absolute atomic E-state index is 13.1. The van der Waals surface area contributed by atoms with E-state index in [2.05, 4.69) is 39.8 Å². The summed E-state index contributed by atoms with van der Waals surface area (Å²) in [6.45, 7) is 6.80. The number of nitrogens with zero attached hydrogens (tertiary/aromatic N) is 2. The monoisotopic (exact) mass is 527 g/mol. The van der Waals surface area contributed by atoms with Crippen molar-refractivity contribution >= 4 is 29.3 Å². The molecule has 7 nitrogen and oxygen atoms in total. The first-order chi connectivity index (χ1) is 17.9. The SMILES string of the molecule is CCN1C(=O)[C@@H](CNc2ccc(CCN3CCCC3)cc2)SC1[C@H](N)C(=O)NCCc1ccc(F)cc1. The summed E-state index contributed by atoms with van der Waals surface area (Å²) in [6, 6.07) is 13.8. The van der Waals surface area contributed by atoms with E-state index in [1.165, 1.54) is 55.4 Å². The van der Waals surface area contributed by atoms with Crippen molar-refractivity contribution in [2.75, 3.05) is 44.6 Å². The van der Waals surface area contributed by atoms with Crippen LogP contribution >= 0.6 is 11.8 Å². The van der Waals surface area contributed by atoms with Gasteiger partial charge in [-0.3, -0.25) is 9.59 Å². The zero-order valence-electron chi connectivity index (χ0n) is 21.5. The fourth-order valence-electron chi connectivity index (χ4n) is 4.88. The van der Waals surface area contributed by atoms with Crippen LogP contribution in [0.1, 0.15) is 30.9 Å². The molecule has 0 radical (unpaired) electrons. The molecule has 2 aromatic rings. The third-order valence-corrected chi connectivity index (χ3v) is 8.63. The Balaban J connectivity index is 1.24. The minimum atomic E-state index is -0.831. The van der Waals surface area contributed by atoms with Gasteiger partial charge in [-0.2, -0.15) is 0 Å². The summed E-state index contributed by atoms with van der Waals surface area (Å²) in [6.07, 6.45) is 4.25. The number of nitrogens with one attached hydrogen (secondary N) is 2. The third-order valence-electron chi connectivity index (χ3n) is 7.11. The average molecular weight is 528 g/mol. The first-order valence-corrected chi connectivity index (χ1v) is 14.2. The molecule has 0 aliphatic carbocycles. The number of likely N-dealkylation sites (tertiary alicyclic amines) is 1. The van der Waals surface area contributed by atoms with Crippen molar-refractivity contribution in [3.8, 4) is 0 Å². The predicted molar refractivity (Wildman–Crippen MR) is 148 cm³/mol. The Morgan fingerprint density at radius 2 is 1.73 bits per heavy atom. The van der Waals surface area contributed by atoms with Crippen LogP contribution in [0.5, 0.6) is 0 Å². The molecule has 0 saturated carbocycles. The minimum Gasteiger partial charge on any atom is -0.383 e. The van der Waals surface area contributed by atoms with Crippen LogP contribution in [0.25, 0.3) is 0 Å². The fourth-order valence-corrected chi connectivity index (χ4v) is 6.34. The molecule has 200 valence electrons. The number of amides is 2. The molecule has 9 heteroatoms. The number of rotatable bonds is 12. The van der Waals surface area contributed by atoms with Gasteiger partial charge < -0.3 is 26.2 Å². The van der Waals surface area contributed by atoms with Crippen LogP contribution in [-0.4, -0.2) is 77.5 Å². The van der Waals surface area contributed by atoms with Gasteiger partial charge >= 0.3 is 0 Å². The highest BCUT2D eigenvalue weighted by atomic mass is 32.2. The Morgan fingerprint density at radius 3 is 2.41 bits per heavy atom. The molecule has 2 amide bonds. The number of halogens is 1. The zero-order valence-corrected chi connectivity index (χ0v) is 22.3. The van der Waals surface area contributed by atoms with Crippen LogP contribution in [0.2, 0.25) is 0 Å². The summed E-state index contributed by atoms with van der Waals surface area (Å²) in [5.41, 5.74) is 9.54. The molecule has 37 heavy (non-hydrogen) atoms. The van der Waals surface area contributed by atoms with Crippen molar-refractivity contribution in [1.82, 2.24) is 15.1 Å². The lowest BCUT2D eigenvalue weighted by Gasteiger charge is -2.26. The second-order valence-electron chi connectivity index (χ2n) is 9.71. The Hall–Kier alpha value is -2.62. The number of nitrogens with two attached hydrogens (primary N) is 1. The Morgan fingerprint density at radius 1 is 1.08 bits per heavy atom. The van der Waals surface area contributed by atoms with Crippen molar-refractivity contribution in [3.63, 3.8) is 0 Å². The second kappa shape index (κ2) is 13.3. The van der Waals surface area contributed by atoms with Gasteiger partial charge in [-0.1, -0.05) is 24.3 Å². The second-order valence-corrected chi connectivity index (χ2v) is 11.0. The fraction of sp³-hybridized carbons (Fsp3) is 0.500. The minimum absolute atomic E-state index is 0.00166. The lowest BCUT2D eigenvalue weighted by Crippen LogP contribution is -2.53. The molecule has 3 atom stereocenters. The number of carbonyl (C=O) groups is 2. The Kier molecular flexibility index (Phi) is 9.82. The average Bonchev–Trinajstić information content (AvgIpc) is 3.55. The van der Waals surface area contributed by atoms with Crippen molar-refractivity contribution in [2.24, 2.45) is 5.73 Å². The summed E-state index contributed by atoms with van der Waals surface area (Å²) in [5, 5.41) is 5.52. The molecule has 2 aliphatic rings. The topological polar surface area (TPSA) is 90.7 Å². The van der Waals surface area contributed by atoms with E-state index >= 15 is 0 Å². The van der Waals surface area contributed by atoms with Crippen molar-refractivity contribution in [1.29, 1.82) is 0 Å². The molecule has 0 bridgehead atoms. The van der Waals surface area contributed by atoms with E-state index in [-0.39, 0.29) is 22.9 Å². The van der Waals surface area contributed by atoms with Crippen LogP contribution in [0, 0.1) is 5.82 Å². The van der Waals surface area contributed by atoms with Crippen LogP contribution in [0.3, 0.4) is 0 Å². The van der Waals surface area contributed by atoms with Crippen LogP contribution in [0.15, 0.2) is 48.5 Å². The quantitative estimate of drug-likeness (QED) is 0.393. The number of carbonyl (C=O) groups excluding carboxylic acids is 2. The highest BCUT2D eigenvalue weighted by Gasteiger charge is 2.44. The van der Waals surface area contributed by atoms with E-state index in [0.29, 0.717) is 26.1 Å². The summed E-state index contributed by atoms with van der Waals surface area (Å²) in [4.78, 5) is 30.0. The number of benzene rings is 2. The van der Waals surface area contributed by atoms with E-state index < -0.39 is 11.4 Å². The zero-order chi connectivity index (χ0) is 26.2. The molecule has 2 aromatic carbocycles. The smallest absolute Gasteiger partial charge is 0.239 e. The number of likely N-dealkylation sites (N-methyl/N-ethyl adjacent to an activating group) is 1. The number of anilines is 1. The van der Waals surface area contributed by atoms with Crippen LogP contribution < -0.4 is 16.4 Å². The van der Waals surface area contributed by atoms with E-state index in [1.54, 1.807) is 17.0 Å². The largest absolute Gasteiger partial charge is 0.383 e. The number of hydrogen-bond donors (Lipinski definition) is 3. The standard InChI is InChI=1S/C28H38FN5O2S/c1-2-34-27(36)24(19-32-23-11-7-21(8-12-23)14-18-33-16-3-4-17-33)37-28(34)25(30)26(35)31-15-13-20-5-9-22(29)10-6-20/h5-12,24-25,28,32H,2-4,13-19,30H2,1H3,(H,31,35)/t24-,25-,28?/m1/s1. The molecule has 2 fully saturated rings. The maximum Gasteiger partial charge on any atom is 0.239 e. The van der Waals surface area contributed by atoms with Gasteiger partial charge in [-0.05, 0) is 81.1 Å². The molecule has 2 aliphatic heterocycles. The van der Waals surface area contributed by atoms with Crippen molar-refractivity contribution < 1.29 is 14.0 Å². The van der Waals surface area contributed by atoms with E-state index in [0.717, 1.165) is 24.2 Å². The molecule has 1 unspecified atom stereocenters. The van der Waals surface area contributed by atoms with Gasteiger partial charge in [0.2, 0.25) is 11.8 Å². The summed E-state index contributed by atoms with van der Waals surface area (Å²) in [7, 11) is 0. The van der Waals surface area contributed by atoms with E-state index in [4.69, 9.17) is 5.73 Å². The lowest BCUT2D eigenvalue weighted by molar-refractivity contribution is -0.130. The van der Waals surface area contributed by atoms with Gasteiger partial charge in [0, 0.05) is 31.9 Å². The molecule has 4 rings (SSSR count). The van der Waals surface area contributed by atoms with Gasteiger partial charge in [0.15, 0.2) is 0 Å². The van der Waals surface area contributed by atoms with Gasteiger partial charge in [-0.15, -0.1) is 11.8 Å². The highest BCUT2D eigenvalue weighted by Crippen LogP contribution is 2.33. The molecular weight excluding hydrogens is 489 g/mol. The molecule has 2 heterocycles. The third kappa shape index (κ3) is 7.46. The van der Waals surface area contributed by atoms with Gasteiger partial charge in [-0.25, -0.2) is 4.39 Å². The summed E-state index contributed by atoms with van der Waals surface area (Å²) in [5.74, 6) is -0.572. The van der Waals surface area contributed by atoms with E-state index in [9.17, 15) is 14.0 Å². The van der Waals surface area contributed by atoms with Gasteiger partial charge in [0.25, 0.3) is 0 Å². The molecular formula is C28H38FN5O2S. The van der Waals surface area contributed by atoms with Crippen molar-refractivity contribution in [3.05, 3.63) is 65.5 Å².